The summed E-state index contributed by atoms with van der Waals surface area (Å²) in [7, 11) is 0. The van der Waals surface area contributed by atoms with E-state index in [9.17, 15) is 0 Å². The van der Waals surface area contributed by atoms with Crippen LogP contribution in [0.1, 0.15) is 44.5 Å². The summed E-state index contributed by atoms with van der Waals surface area (Å²) in [5, 5.41) is 6.83. The van der Waals surface area contributed by atoms with E-state index in [1.165, 1.54) is 17.8 Å². The van der Waals surface area contributed by atoms with Crippen molar-refractivity contribution in [3.63, 3.8) is 0 Å². The van der Waals surface area contributed by atoms with E-state index in [0.717, 1.165) is 19.0 Å². The van der Waals surface area contributed by atoms with Crippen molar-refractivity contribution in [2.45, 2.75) is 39.5 Å². The highest BCUT2D eigenvalue weighted by molar-refractivity contribution is 7.09. The van der Waals surface area contributed by atoms with Crippen LogP contribution >= 0.6 is 11.3 Å². The SMILES string of the molecule is CCC(CC)CNCC(C)c1nccs1. The minimum Gasteiger partial charge on any atom is -0.316 e. The molecule has 0 aromatic carbocycles. The summed E-state index contributed by atoms with van der Waals surface area (Å²) in [4.78, 5) is 4.33. The van der Waals surface area contributed by atoms with Crippen molar-refractivity contribution in [1.29, 1.82) is 0 Å². The fourth-order valence-corrected chi connectivity index (χ4v) is 2.34. The first-order valence-corrected chi connectivity index (χ1v) is 6.75. The van der Waals surface area contributed by atoms with Crippen molar-refractivity contribution in [2.24, 2.45) is 5.92 Å². The number of nitrogens with zero attached hydrogens (tertiary/aromatic N) is 1. The maximum Gasteiger partial charge on any atom is 0.0965 e. The Balaban J connectivity index is 2.20. The molecular weight excluding hydrogens is 204 g/mol. The van der Waals surface area contributed by atoms with Crippen LogP contribution in [0.2, 0.25) is 0 Å². The van der Waals surface area contributed by atoms with E-state index in [-0.39, 0.29) is 0 Å². The van der Waals surface area contributed by atoms with Gasteiger partial charge in [-0.25, -0.2) is 4.98 Å². The highest BCUT2D eigenvalue weighted by Crippen LogP contribution is 2.16. The largest absolute Gasteiger partial charge is 0.316 e. The van der Waals surface area contributed by atoms with Gasteiger partial charge in [-0.2, -0.15) is 0 Å². The molecule has 0 spiro atoms. The summed E-state index contributed by atoms with van der Waals surface area (Å²) < 4.78 is 0. The van der Waals surface area contributed by atoms with Crippen molar-refractivity contribution < 1.29 is 0 Å². The molecule has 0 bridgehead atoms. The molecule has 0 radical (unpaired) electrons. The van der Waals surface area contributed by atoms with Crippen LogP contribution in [0.5, 0.6) is 0 Å². The molecule has 1 unspecified atom stereocenters. The molecule has 86 valence electrons. The number of hydrogen-bond acceptors (Lipinski definition) is 3. The third-order valence-corrected chi connectivity index (χ3v) is 3.92. The minimum atomic E-state index is 0.541. The molecule has 2 nitrogen and oxygen atoms in total. The summed E-state index contributed by atoms with van der Waals surface area (Å²) in [6, 6.07) is 0. The van der Waals surface area contributed by atoms with Crippen LogP contribution in [-0.2, 0) is 0 Å². The minimum absolute atomic E-state index is 0.541. The fraction of sp³-hybridized carbons (Fsp3) is 0.750. The van der Waals surface area contributed by atoms with Crippen LogP contribution in [0.25, 0.3) is 0 Å². The van der Waals surface area contributed by atoms with Gasteiger partial charge in [0.2, 0.25) is 0 Å². The van der Waals surface area contributed by atoms with E-state index >= 15 is 0 Å². The zero-order chi connectivity index (χ0) is 11.1. The first kappa shape index (κ1) is 12.7. The molecule has 0 aliphatic heterocycles. The quantitative estimate of drug-likeness (QED) is 0.772. The maximum absolute atomic E-state index is 4.33. The first-order valence-electron chi connectivity index (χ1n) is 5.88. The standard InChI is InChI=1S/C12H22N2S/c1-4-11(5-2)9-13-8-10(3)12-14-6-7-15-12/h6-7,10-11,13H,4-5,8-9H2,1-3H3. The Bertz CT molecular complexity index is 242. The Labute approximate surface area is 97.1 Å². The smallest absolute Gasteiger partial charge is 0.0965 e. The molecule has 0 aliphatic rings. The van der Waals surface area contributed by atoms with Gasteiger partial charge in [0, 0.05) is 24.0 Å². The van der Waals surface area contributed by atoms with E-state index in [1.807, 2.05) is 11.6 Å². The summed E-state index contributed by atoms with van der Waals surface area (Å²) >= 11 is 1.75. The van der Waals surface area contributed by atoms with Gasteiger partial charge in [-0.05, 0) is 12.5 Å². The molecule has 1 N–H and O–H groups in total. The van der Waals surface area contributed by atoms with Crippen molar-refractivity contribution in [2.75, 3.05) is 13.1 Å². The lowest BCUT2D eigenvalue weighted by Gasteiger charge is -2.15. The molecule has 0 amide bonds. The molecule has 0 saturated heterocycles. The van der Waals surface area contributed by atoms with Crippen LogP contribution in [0.15, 0.2) is 11.6 Å². The monoisotopic (exact) mass is 226 g/mol. The summed E-state index contributed by atoms with van der Waals surface area (Å²) in [6.07, 6.45) is 4.43. The predicted octanol–water partition coefficient (Wildman–Crippen LogP) is 3.27. The van der Waals surface area contributed by atoms with E-state index in [2.05, 4.69) is 31.1 Å². The van der Waals surface area contributed by atoms with Crippen LogP contribution in [-0.4, -0.2) is 18.1 Å². The van der Waals surface area contributed by atoms with E-state index in [4.69, 9.17) is 0 Å². The lowest BCUT2D eigenvalue weighted by molar-refractivity contribution is 0.442. The number of aromatic nitrogens is 1. The molecule has 0 fully saturated rings. The van der Waals surface area contributed by atoms with Crippen molar-refractivity contribution in [3.05, 3.63) is 16.6 Å². The number of hydrogen-bond donors (Lipinski definition) is 1. The summed E-state index contributed by atoms with van der Waals surface area (Å²) in [6.45, 7) is 8.95. The molecule has 15 heavy (non-hydrogen) atoms. The predicted molar refractivity (Wildman–Crippen MR) is 67.5 cm³/mol. The summed E-state index contributed by atoms with van der Waals surface area (Å²) in [5.74, 6) is 1.37. The van der Waals surface area contributed by atoms with Gasteiger partial charge in [0.05, 0.1) is 5.01 Å². The van der Waals surface area contributed by atoms with Crippen molar-refractivity contribution in [3.8, 4) is 0 Å². The zero-order valence-corrected chi connectivity index (χ0v) is 10.8. The highest BCUT2D eigenvalue weighted by atomic mass is 32.1. The van der Waals surface area contributed by atoms with Crippen molar-refractivity contribution in [1.82, 2.24) is 10.3 Å². The summed E-state index contributed by atoms with van der Waals surface area (Å²) in [5.41, 5.74) is 0. The van der Waals surface area contributed by atoms with E-state index in [1.54, 1.807) is 11.3 Å². The number of nitrogens with one attached hydrogen (secondary N) is 1. The van der Waals surface area contributed by atoms with Crippen LogP contribution in [0.4, 0.5) is 0 Å². The highest BCUT2D eigenvalue weighted by Gasteiger charge is 2.08. The number of thiazole rings is 1. The van der Waals surface area contributed by atoms with Crippen LogP contribution < -0.4 is 5.32 Å². The van der Waals surface area contributed by atoms with Crippen LogP contribution in [0.3, 0.4) is 0 Å². The Morgan fingerprint density at radius 2 is 2.07 bits per heavy atom. The second-order valence-electron chi connectivity index (χ2n) is 4.11. The third-order valence-electron chi connectivity index (χ3n) is 2.91. The first-order chi connectivity index (χ1) is 7.27. The maximum atomic E-state index is 4.33. The molecule has 0 saturated carbocycles. The number of rotatable bonds is 7. The van der Waals surface area contributed by atoms with Gasteiger partial charge in [-0.15, -0.1) is 11.3 Å². The molecule has 1 aromatic rings. The van der Waals surface area contributed by atoms with Gasteiger partial charge < -0.3 is 5.32 Å². The molecule has 1 rings (SSSR count). The Kier molecular flexibility index (Phi) is 5.88. The van der Waals surface area contributed by atoms with Gasteiger partial charge in [-0.3, -0.25) is 0 Å². The Morgan fingerprint density at radius 3 is 2.60 bits per heavy atom. The third kappa shape index (κ3) is 4.31. The fourth-order valence-electron chi connectivity index (χ4n) is 1.65. The molecule has 1 heterocycles. The van der Waals surface area contributed by atoms with Crippen molar-refractivity contribution >= 4 is 11.3 Å². The van der Waals surface area contributed by atoms with E-state index in [0.29, 0.717) is 5.92 Å². The van der Waals surface area contributed by atoms with E-state index < -0.39 is 0 Å². The van der Waals surface area contributed by atoms with Gasteiger partial charge in [0.25, 0.3) is 0 Å². The molecule has 1 atom stereocenters. The lowest BCUT2D eigenvalue weighted by atomic mass is 10.0. The van der Waals surface area contributed by atoms with Gasteiger partial charge >= 0.3 is 0 Å². The lowest BCUT2D eigenvalue weighted by Crippen LogP contribution is -2.26. The zero-order valence-electron chi connectivity index (χ0n) is 9.99. The average Bonchev–Trinajstić information content (AvgIpc) is 2.77. The molecule has 3 heteroatoms. The Hall–Kier alpha value is -0.410. The normalized spacial score (nSPS) is 13.3. The average molecular weight is 226 g/mol. The molecular formula is C12H22N2S. The molecule has 0 aliphatic carbocycles. The molecule has 1 aromatic heterocycles. The second-order valence-corrected chi connectivity index (χ2v) is 5.04. The van der Waals surface area contributed by atoms with Gasteiger partial charge in [-0.1, -0.05) is 33.6 Å². The Morgan fingerprint density at radius 1 is 1.33 bits per heavy atom. The second kappa shape index (κ2) is 6.96. The topological polar surface area (TPSA) is 24.9 Å². The van der Waals surface area contributed by atoms with Crippen LogP contribution in [0, 0.1) is 5.92 Å². The van der Waals surface area contributed by atoms with Gasteiger partial charge in [0.1, 0.15) is 0 Å². The van der Waals surface area contributed by atoms with Gasteiger partial charge in [0.15, 0.2) is 0 Å².